The summed E-state index contributed by atoms with van der Waals surface area (Å²) in [5.41, 5.74) is 3.71. The highest BCUT2D eigenvalue weighted by Gasteiger charge is 2.50. The van der Waals surface area contributed by atoms with Crippen LogP contribution in [0.5, 0.6) is 0 Å². The number of fused-ring (bicyclic) bond motifs is 1. The van der Waals surface area contributed by atoms with Crippen molar-refractivity contribution in [2.45, 2.75) is 24.8 Å². The number of benzene rings is 2. The smallest absolute Gasteiger partial charge is 0.250 e. The Labute approximate surface area is 164 Å². The van der Waals surface area contributed by atoms with Crippen LogP contribution in [0.1, 0.15) is 24.0 Å². The Morgan fingerprint density at radius 1 is 0.964 bits per heavy atom. The summed E-state index contributed by atoms with van der Waals surface area (Å²) in [6.45, 7) is 1.73. The van der Waals surface area contributed by atoms with E-state index in [1.165, 1.54) is 5.56 Å². The molecule has 2 aromatic carbocycles. The van der Waals surface area contributed by atoms with Crippen LogP contribution in [-0.4, -0.2) is 42.0 Å². The number of hydrogen-bond acceptors (Lipinski definition) is 3. The number of para-hydroxylation sites is 1. The van der Waals surface area contributed by atoms with Crippen LogP contribution in [0.2, 0.25) is 0 Å². The molecule has 2 fully saturated rings. The molecule has 0 aromatic heterocycles. The molecule has 1 spiro atoms. The monoisotopic (exact) mass is 373 g/mol. The van der Waals surface area contributed by atoms with Gasteiger partial charge in [-0.25, -0.2) is 0 Å². The number of hydrogen-bond donors (Lipinski definition) is 1. The molecule has 2 amide bonds. The largest absolute Gasteiger partial charge is 0.339 e. The van der Waals surface area contributed by atoms with Crippen molar-refractivity contribution >= 4 is 23.6 Å². The van der Waals surface area contributed by atoms with Gasteiger partial charge in [0.1, 0.15) is 5.54 Å². The highest BCUT2D eigenvalue weighted by Crippen LogP contribution is 2.37. The quantitative estimate of drug-likeness (QED) is 0.880. The molecule has 0 atom stereocenters. The summed E-state index contributed by atoms with van der Waals surface area (Å²) in [6.07, 6.45) is 4.02. The van der Waals surface area contributed by atoms with Gasteiger partial charge in [0, 0.05) is 30.8 Å². The number of piperidine rings is 1. The standard InChI is InChI=1S/C23H23N3O2/c27-21(19-14-17-6-4-5-7-18(17)15-19)25-12-10-23(11-13-25)22(28)24-16-26(23)20-8-2-1-3-9-20/h1-9,14H,10-13,15-16H2,(H,24,28). The van der Waals surface area contributed by atoms with Crippen LogP contribution in [0.15, 0.2) is 60.2 Å². The minimum atomic E-state index is -0.550. The molecule has 28 heavy (non-hydrogen) atoms. The zero-order valence-electron chi connectivity index (χ0n) is 15.7. The molecule has 1 aliphatic carbocycles. The average Bonchev–Trinajstić information content (AvgIpc) is 3.31. The van der Waals surface area contributed by atoms with Crippen LogP contribution < -0.4 is 10.2 Å². The Balaban J connectivity index is 1.32. The fourth-order valence-corrected chi connectivity index (χ4v) is 4.73. The molecule has 5 nitrogen and oxygen atoms in total. The van der Waals surface area contributed by atoms with Crippen molar-refractivity contribution in [1.29, 1.82) is 0 Å². The van der Waals surface area contributed by atoms with Gasteiger partial charge in [-0.3, -0.25) is 9.59 Å². The molecule has 0 unspecified atom stereocenters. The van der Waals surface area contributed by atoms with Crippen molar-refractivity contribution in [2.75, 3.05) is 24.7 Å². The third kappa shape index (κ3) is 2.61. The molecule has 5 heteroatoms. The third-order valence-electron chi connectivity index (χ3n) is 6.32. The molecule has 2 aliphatic heterocycles. The molecule has 142 valence electrons. The van der Waals surface area contributed by atoms with Gasteiger partial charge in [0.2, 0.25) is 11.8 Å². The predicted molar refractivity (Wildman–Crippen MR) is 109 cm³/mol. The average molecular weight is 373 g/mol. The Morgan fingerprint density at radius 2 is 1.68 bits per heavy atom. The molecule has 2 heterocycles. The van der Waals surface area contributed by atoms with Gasteiger partial charge >= 0.3 is 0 Å². The van der Waals surface area contributed by atoms with E-state index in [2.05, 4.69) is 22.3 Å². The first-order chi connectivity index (χ1) is 13.7. The molecular formula is C23H23N3O2. The minimum absolute atomic E-state index is 0.0796. The maximum Gasteiger partial charge on any atom is 0.250 e. The molecular weight excluding hydrogens is 350 g/mol. The number of carbonyl (C=O) groups is 2. The highest BCUT2D eigenvalue weighted by molar-refractivity contribution is 6.01. The Bertz CT molecular complexity index is 959. The van der Waals surface area contributed by atoms with Crippen LogP contribution in [0, 0.1) is 0 Å². The molecule has 5 rings (SSSR count). The Hall–Kier alpha value is -3.08. The van der Waals surface area contributed by atoms with Gasteiger partial charge in [-0.2, -0.15) is 0 Å². The summed E-state index contributed by atoms with van der Waals surface area (Å²) in [5.74, 6) is 0.187. The van der Waals surface area contributed by atoms with E-state index in [0.29, 0.717) is 39.0 Å². The molecule has 2 aromatic rings. The Kier molecular flexibility index (Phi) is 3.97. The summed E-state index contributed by atoms with van der Waals surface area (Å²) in [6, 6.07) is 18.2. The summed E-state index contributed by atoms with van der Waals surface area (Å²) in [4.78, 5) is 29.9. The fraction of sp³-hybridized carbons (Fsp3) is 0.304. The first kappa shape index (κ1) is 17.0. The lowest BCUT2D eigenvalue weighted by molar-refractivity contribution is -0.132. The van der Waals surface area contributed by atoms with Gasteiger partial charge in [0.05, 0.1) is 6.67 Å². The molecule has 1 N–H and O–H groups in total. The number of amides is 2. The number of likely N-dealkylation sites (tertiary alicyclic amines) is 1. The van der Waals surface area contributed by atoms with Gasteiger partial charge in [-0.05, 0) is 42.2 Å². The van der Waals surface area contributed by atoms with Gasteiger partial charge in [-0.1, -0.05) is 42.5 Å². The second-order valence-corrected chi connectivity index (χ2v) is 7.80. The van der Waals surface area contributed by atoms with Crippen molar-refractivity contribution in [2.24, 2.45) is 0 Å². The maximum atomic E-state index is 13.0. The number of carbonyl (C=O) groups excluding carboxylic acids is 2. The lowest BCUT2D eigenvalue weighted by Gasteiger charge is -2.43. The molecule has 0 radical (unpaired) electrons. The van der Waals surface area contributed by atoms with Crippen LogP contribution in [-0.2, 0) is 16.0 Å². The summed E-state index contributed by atoms with van der Waals surface area (Å²) in [5, 5.41) is 3.01. The van der Waals surface area contributed by atoms with Crippen LogP contribution >= 0.6 is 0 Å². The maximum absolute atomic E-state index is 13.0. The van der Waals surface area contributed by atoms with Gasteiger partial charge in [0.25, 0.3) is 0 Å². The molecule has 3 aliphatic rings. The summed E-state index contributed by atoms with van der Waals surface area (Å²) < 4.78 is 0. The topological polar surface area (TPSA) is 52.7 Å². The second-order valence-electron chi connectivity index (χ2n) is 7.80. The summed E-state index contributed by atoms with van der Waals surface area (Å²) >= 11 is 0. The highest BCUT2D eigenvalue weighted by atomic mass is 16.2. The van der Waals surface area contributed by atoms with E-state index < -0.39 is 5.54 Å². The second kappa shape index (κ2) is 6.51. The van der Waals surface area contributed by atoms with E-state index in [-0.39, 0.29) is 11.8 Å². The van der Waals surface area contributed by atoms with Crippen molar-refractivity contribution in [1.82, 2.24) is 10.2 Å². The first-order valence-electron chi connectivity index (χ1n) is 9.86. The third-order valence-corrected chi connectivity index (χ3v) is 6.32. The lowest BCUT2D eigenvalue weighted by Crippen LogP contribution is -2.57. The number of nitrogens with one attached hydrogen (secondary N) is 1. The number of anilines is 1. The normalized spacial score (nSPS) is 20.1. The van der Waals surface area contributed by atoms with Crippen molar-refractivity contribution in [3.8, 4) is 0 Å². The van der Waals surface area contributed by atoms with Gasteiger partial charge in [0.15, 0.2) is 0 Å². The molecule has 2 saturated heterocycles. The molecule has 0 bridgehead atoms. The first-order valence-corrected chi connectivity index (χ1v) is 9.86. The predicted octanol–water partition coefficient (Wildman–Crippen LogP) is 2.58. The lowest BCUT2D eigenvalue weighted by atomic mass is 9.85. The van der Waals surface area contributed by atoms with Gasteiger partial charge < -0.3 is 15.1 Å². The molecule has 0 saturated carbocycles. The van der Waals surface area contributed by atoms with E-state index in [1.807, 2.05) is 53.4 Å². The zero-order valence-corrected chi connectivity index (χ0v) is 15.7. The van der Waals surface area contributed by atoms with Crippen molar-refractivity contribution in [3.05, 3.63) is 71.3 Å². The number of rotatable bonds is 2. The van der Waals surface area contributed by atoms with Gasteiger partial charge in [-0.15, -0.1) is 0 Å². The van der Waals surface area contributed by atoms with Crippen LogP contribution in [0.3, 0.4) is 0 Å². The van der Waals surface area contributed by atoms with Crippen molar-refractivity contribution < 1.29 is 9.59 Å². The van der Waals surface area contributed by atoms with Crippen LogP contribution in [0.25, 0.3) is 6.08 Å². The van der Waals surface area contributed by atoms with E-state index >= 15 is 0 Å². The zero-order chi connectivity index (χ0) is 19.1. The summed E-state index contributed by atoms with van der Waals surface area (Å²) in [7, 11) is 0. The van der Waals surface area contributed by atoms with E-state index in [9.17, 15) is 9.59 Å². The Morgan fingerprint density at radius 3 is 2.43 bits per heavy atom. The van der Waals surface area contributed by atoms with Crippen LogP contribution in [0.4, 0.5) is 5.69 Å². The van der Waals surface area contributed by atoms with E-state index in [4.69, 9.17) is 0 Å². The van der Waals surface area contributed by atoms with E-state index in [1.54, 1.807) is 0 Å². The van der Waals surface area contributed by atoms with Crippen molar-refractivity contribution in [3.63, 3.8) is 0 Å². The SMILES string of the molecule is O=C(C1=Cc2ccccc2C1)N1CCC2(CC1)C(=O)NCN2c1ccccc1. The number of nitrogens with zero attached hydrogens (tertiary/aromatic N) is 2. The van der Waals surface area contributed by atoms with E-state index in [0.717, 1.165) is 16.8 Å². The minimum Gasteiger partial charge on any atom is -0.339 e. The fourth-order valence-electron chi connectivity index (χ4n) is 4.73.